The quantitative estimate of drug-likeness (QED) is 0.696. The van der Waals surface area contributed by atoms with Gasteiger partial charge in [0.25, 0.3) is 0 Å². The first-order valence-corrected chi connectivity index (χ1v) is 5.40. The Morgan fingerprint density at radius 1 is 1.44 bits per heavy atom. The van der Waals surface area contributed by atoms with Crippen LogP contribution in [0.15, 0.2) is 24.3 Å². The van der Waals surface area contributed by atoms with Gasteiger partial charge in [-0.15, -0.1) is 0 Å². The SMILES string of the molecule is N[C@@H](CO)C(=O)NCCc1ccc(Cl)cc1. The minimum atomic E-state index is -0.842. The van der Waals surface area contributed by atoms with E-state index in [1.807, 2.05) is 12.1 Å². The van der Waals surface area contributed by atoms with Crippen molar-refractivity contribution in [1.82, 2.24) is 5.32 Å². The number of halogens is 1. The van der Waals surface area contributed by atoms with Crippen LogP contribution >= 0.6 is 11.6 Å². The van der Waals surface area contributed by atoms with Crippen LogP contribution in [-0.2, 0) is 11.2 Å². The Balaban J connectivity index is 2.30. The topological polar surface area (TPSA) is 75.3 Å². The van der Waals surface area contributed by atoms with Gasteiger partial charge in [-0.3, -0.25) is 4.79 Å². The van der Waals surface area contributed by atoms with E-state index in [-0.39, 0.29) is 12.5 Å². The van der Waals surface area contributed by atoms with Gasteiger partial charge in [0.15, 0.2) is 0 Å². The highest BCUT2D eigenvalue weighted by Gasteiger charge is 2.10. The number of amides is 1. The van der Waals surface area contributed by atoms with Crippen LogP contribution < -0.4 is 11.1 Å². The van der Waals surface area contributed by atoms with E-state index < -0.39 is 6.04 Å². The van der Waals surface area contributed by atoms with Crippen molar-refractivity contribution in [3.05, 3.63) is 34.9 Å². The van der Waals surface area contributed by atoms with Crippen LogP contribution in [0.3, 0.4) is 0 Å². The van der Waals surface area contributed by atoms with E-state index in [1.54, 1.807) is 12.1 Å². The molecule has 0 spiro atoms. The summed E-state index contributed by atoms with van der Waals surface area (Å²) in [5.74, 6) is -0.337. The average Bonchev–Trinajstić information content (AvgIpc) is 2.30. The normalized spacial score (nSPS) is 12.2. The summed E-state index contributed by atoms with van der Waals surface area (Å²) in [6.07, 6.45) is 0.709. The molecular weight excluding hydrogens is 228 g/mol. The highest BCUT2D eigenvalue weighted by Crippen LogP contribution is 2.09. The fourth-order valence-electron chi connectivity index (χ4n) is 1.20. The van der Waals surface area contributed by atoms with E-state index in [0.29, 0.717) is 18.0 Å². The maximum absolute atomic E-state index is 11.2. The summed E-state index contributed by atoms with van der Waals surface area (Å²) >= 11 is 5.74. The number of carbonyl (C=O) groups is 1. The monoisotopic (exact) mass is 242 g/mol. The third-order valence-electron chi connectivity index (χ3n) is 2.16. The lowest BCUT2D eigenvalue weighted by Crippen LogP contribution is -2.43. The molecule has 0 unspecified atom stereocenters. The molecule has 0 radical (unpaired) electrons. The van der Waals surface area contributed by atoms with Crippen LogP contribution in [-0.4, -0.2) is 30.2 Å². The van der Waals surface area contributed by atoms with E-state index >= 15 is 0 Å². The molecule has 1 atom stereocenters. The van der Waals surface area contributed by atoms with Gasteiger partial charge < -0.3 is 16.2 Å². The fourth-order valence-corrected chi connectivity index (χ4v) is 1.32. The van der Waals surface area contributed by atoms with Crippen LogP contribution in [0.4, 0.5) is 0 Å². The summed E-state index contributed by atoms with van der Waals surface area (Å²) in [4.78, 5) is 11.2. The molecule has 1 amide bonds. The van der Waals surface area contributed by atoms with Crippen molar-refractivity contribution in [2.24, 2.45) is 5.73 Å². The lowest BCUT2D eigenvalue weighted by Gasteiger charge is -2.09. The number of hydrogen-bond donors (Lipinski definition) is 3. The highest BCUT2D eigenvalue weighted by molar-refractivity contribution is 6.30. The molecular formula is C11H15ClN2O2. The largest absolute Gasteiger partial charge is 0.394 e. The molecule has 16 heavy (non-hydrogen) atoms. The molecule has 0 aliphatic rings. The molecule has 4 nitrogen and oxygen atoms in total. The number of aliphatic hydroxyl groups excluding tert-OH is 1. The van der Waals surface area contributed by atoms with Crippen molar-refractivity contribution >= 4 is 17.5 Å². The summed E-state index contributed by atoms with van der Waals surface area (Å²) in [7, 11) is 0. The summed E-state index contributed by atoms with van der Waals surface area (Å²) in [6.45, 7) is 0.154. The van der Waals surface area contributed by atoms with E-state index in [0.717, 1.165) is 5.56 Å². The van der Waals surface area contributed by atoms with Crippen molar-refractivity contribution in [1.29, 1.82) is 0 Å². The van der Waals surface area contributed by atoms with Gasteiger partial charge in [0.1, 0.15) is 6.04 Å². The molecule has 1 aromatic rings. The van der Waals surface area contributed by atoms with E-state index in [9.17, 15) is 4.79 Å². The smallest absolute Gasteiger partial charge is 0.239 e. The molecule has 0 aliphatic carbocycles. The number of carbonyl (C=O) groups excluding carboxylic acids is 1. The Morgan fingerprint density at radius 3 is 2.62 bits per heavy atom. The molecule has 0 heterocycles. The lowest BCUT2D eigenvalue weighted by atomic mass is 10.1. The zero-order valence-electron chi connectivity index (χ0n) is 8.82. The van der Waals surface area contributed by atoms with Crippen LogP contribution in [0.25, 0.3) is 0 Å². The number of nitrogens with one attached hydrogen (secondary N) is 1. The van der Waals surface area contributed by atoms with Gasteiger partial charge in [-0.1, -0.05) is 23.7 Å². The molecule has 0 aromatic heterocycles. The van der Waals surface area contributed by atoms with E-state index in [4.69, 9.17) is 22.4 Å². The minimum Gasteiger partial charge on any atom is -0.394 e. The van der Waals surface area contributed by atoms with Gasteiger partial charge in [0.05, 0.1) is 6.61 Å². The molecule has 1 aromatic carbocycles. The van der Waals surface area contributed by atoms with Crippen LogP contribution in [0.5, 0.6) is 0 Å². The molecule has 0 fully saturated rings. The van der Waals surface area contributed by atoms with Crippen molar-refractivity contribution in [3.63, 3.8) is 0 Å². The number of hydrogen-bond acceptors (Lipinski definition) is 3. The van der Waals surface area contributed by atoms with Crippen molar-refractivity contribution in [2.75, 3.05) is 13.2 Å². The molecule has 0 saturated carbocycles. The third kappa shape index (κ3) is 4.18. The first-order chi connectivity index (χ1) is 7.63. The predicted octanol–water partition coefficient (Wildman–Crippen LogP) is 0.318. The standard InChI is InChI=1S/C11H15ClN2O2/c12-9-3-1-8(2-4-9)5-6-14-11(16)10(13)7-15/h1-4,10,15H,5-7,13H2,(H,14,16)/t10-/m0/s1. The van der Waals surface area contributed by atoms with E-state index in [2.05, 4.69) is 5.32 Å². The molecule has 0 saturated heterocycles. The van der Waals surface area contributed by atoms with Gasteiger partial charge >= 0.3 is 0 Å². The molecule has 0 aliphatic heterocycles. The Labute approximate surface area is 99.4 Å². The number of aliphatic hydroxyl groups is 1. The average molecular weight is 243 g/mol. The number of benzene rings is 1. The second kappa shape index (κ2) is 6.48. The predicted molar refractivity (Wildman–Crippen MR) is 63.2 cm³/mol. The van der Waals surface area contributed by atoms with Gasteiger partial charge in [0.2, 0.25) is 5.91 Å². The van der Waals surface area contributed by atoms with Crippen molar-refractivity contribution in [2.45, 2.75) is 12.5 Å². The van der Waals surface area contributed by atoms with Crippen molar-refractivity contribution < 1.29 is 9.90 Å². The first-order valence-electron chi connectivity index (χ1n) is 5.02. The molecule has 88 valence electrons. The Hall–Kier alpha value is -1.10. The lowest BCUT2D eigenvalue weighted by molar-refractivity contribution is -0.123. The van der Waals surface area contributed by atoms with Crippen LogP contribution in [0.2, 0.25) is 5.02 Å². The molecule has 0 bridgehead atoms. The van der Waals surface area contributed by atoms with Crippen LogP contribution in [0, 0.1) is 0 Å². The maximum Gasteiger partial charge on any atom is 0.239 e. The zero-order valence-corrected chi connectivity index (χ0v) is 9.57. The highest BCUT2D eigenvalue weighted by atomic mass is 35.5. The first kappa shape index (κ1) is 13.0. The van der Waals surface area contributed by atoms with Crippen molar-refractivity contribution in [3.8, 4) is 0 Å². The second-order valence-electron chi connectivity index (χ2n) is 3.46. The van der Waals surface area contributed by atoms with E-state index in [1.165, 1.54) is 0 Å². The summed E-state index contributed by atoms with van der Waals surface area (Å²) in [5, 5.41) is 12.0. The third-order valence-corrected chi connectivity index (χ3v) is 2.41. The van der Waals surface area contributed by atoms with Gasteiger partial charge in [-0.25, -0.2) is 0 Å². The summed E-state index contributed by atoms with van der Waals surface area (Å²) in [5.41, 5.74) is 6.42. The zero-order chi connectivity index (χ0) is 12.0. The number of nitrogens with two attached hydrogens (primary N) is 1. The molecule has 5 heteroatoms. The molecule has 4 N–H and O–H groups in total. The Morgan fingerprint density at radius 2 is 2.06 bits per heavy atom. The second-order valence-corrected chi connectivity index (χ2v) is 3.89. The fraction of sp³-hybridized carbons (Fsp3) is 0.364. The number of rotatable bonds is 5. The minimum absolute atomic E-state index is 0.337. The summed E-state index contributed by atoms with van der Waals surface area (Å²) < 4.78 is 0. The Bertz CT molecular complexity index is 340. The Kier molecular flexibility index (Phi) is 5.25. The van der Waals surface area contributed by atoms with Gasteiger partial charge in [0, 0.05) is 11.6 Å². The molecule has 1 rings (SSSR count). The summed E-state index contributed by atoms with van der Waals surface area (Å²) in [6, 6.07) is 6.57. The van der Waals surface area contributed by atoms with Crippen LogP contribution in [0.1, 0.15) is 5.56 Å². The van der Waals surface area contributed by atoms with Gasteiger partial charge in [-0.2, -0.15) is 0 Å². The maximum atomic E-state index is 11.2. The van der Waals surface area contributed by atoms with Gasteiger partial charge in [-0.05, 0) is 24.1 Å².